The van der Waals surface area contributed by atoms with Crippen molar-refractivity contribution in [3.63, 3.8) is 0 Å². The van der Waals surface area contributed by atoms with Crippen molar-refractivity contribution in [3.8, 4) is 11.5 Å². The largest absolute Gasteiger partial charge is 0.395 e. The molecular weight excluding hydrogens is 342 g/mol. The molecule has 148 valence electrons. The lowest BCUT2D eigenvalue weighted by molar-refractivity contribution is 0.0882. The van der Waals surface area contributed by atoms with Crippen LogP contribution in [0, 0.1) is 0 Å². The highest BCUT2D eigenvalue weighted by Crippen LogP contribution is 2.21. The summed E-state index contributed by atoms with van der Waals surface area (Å²) in [5.74, 6) is 0.896. The number of aryl methyl sites for hydroxylation is 1. The molecule has 2 saturated heterocycles. The molecule has 8 nitrogen and oxygen atoms in total. The Kier molecular flexibility index (Phi) is 6.16. The van der Waals surface area contributed by atoms with Crippen LogP contribution < -0.4 is 5.32 Å². The topological polar surface area (TPSA) is 84.0 Å². The Balaban J connectivity index is 1.36. The van der Waals surface area contributed by atoms with E-state index in [-0.39, 0.29) is 6.61 Å². The van der Waals surface area contributed by atoms with E-state index in [0.717, 1.165) is 69.9 Å². The highest BCUT2D eigenvalue weighted by Gasteiger charge is 2.21. The Morgan fingerprint density at radius 1 is 1.15 bits per heavy atom. The van der Waals surface area contributed by atoms with Crippen molar-refractivity contribution in [2.24, 2.45) is 0 Å². The Morgan fingerprint density at radius 3 is 2.89 bits per heavy atom. The number of hydrogen-bond acceptors (Lipinski definition) is 6. The van der Waals surface area contributed by atoms with Gasteiger partial charge < -0.3 is 15.0 Å². The summed E-state index contributed by atoms with van der Waals surface area (Å²) in [5.41, 5.74) is 0.852. The van der Waals surface area contributed by atoms with Crippen molar-refractivity contribution in [2.45, 2.75) is 57.2 Å². The van der Waals surface area contributed by atoms with Gasteiger partial charge in [0, 0.05) is 31.5 Å². The van der Waals surface area contributed by atoms with Gasteiger partial charge in [0.25, 0.3) is 0 Å². The van der Waals surface area contributed by atoms with Crippen molar-refractivity contribution >= 4 is 0 Å². The monoisotopic (exact) mass is 373 g/mol. The van der Waals surface area contributed by atoms with Gasteiger partial charge in [0.15, 0.2) is 5.82 Å². The second-order valence-corrected chi connectivity index (χ2v) is 7.73. The summed E-state index contributed by atoms with van der Waals surface area (Å²) in [4.78, 5) is 6.96. The number of aliphatic hydroxyl groups is 1. The van der Waals surface area contributed by atoms with E-state index in [0.29, 0.717) is 12.1 Å². The summed E-state index contributed by atoms with van der Waals surface area (Å²) in [5, 5.41) is 21.7. The normalized spacial score (nSPS) is 22.3. The smallest absolute Gasteiger partial charge is 0.162 e. The van der Waals surface area contributed by atoms with Crippen molar-refractivity contribution in [1.82, 2.24) is 34.8 Å². The first kappa shape index (κ1) is 18.6. The quantitative estimate of drug-likeness (QED) is 0.761. The molecule has 1 atom stereocenters. The van der Waals surface area contributed by atoms with Crippen molar-refractivity contribution in [1.29, 1.82) is 0 Å². The van der Waals surface area contributed by atoms with Gasteiger partial charge in [-0.3, -0.25) is 4.90 Å². The van der Waals surface area contributed by atoms with Gasteiger partial charge in [-0.15, -0.1) is 5.10 Å². The summed E-state index contributed by atoms with van der Waals surface area (Å²) in [6.45, 7) is 5.39. The van der Waals surface area contributed by atoms with Crippen molar-refractivity contribution < 1.29 is 5.11 Å². The van der Waals surface area contributed by atoms with E-state index in [1.54, 1.807) is 0 Å². The molecule has 0 amide bonds. The minimum atomic E-state index is 0.274. The maximum Gasteiger partial charge on any atom is 0.162 e. The lowest BCUT2D eigenvalue weighted by Gasteiger charge is -2.34. The van der Waals surface area contributed by atoms with Gasteiger partial charge >= 0.3 is 0 Å². The van der Waals surface area contributed by atoms with Crippen LogP contribution in [0.2, 0.25) is 0 Å². The molecule has 4 rings (SSSR count). The summed E-state index contributed by atoms with van der Waals surface area (Å²) >= 11 is 0. The molecule has 0 saturated carbocycles. The van der Waals surface area contributed by atoms with Gasteiger partial charge in [-0.1, -0.05) is 11.6 Å². The fraction of sp³-hybridized carbons (Fsp3) is 0.737. The first-order valence-electron chi connectivity index (χ1n) is 10.3. The zero-order valence-electron chi connectivity index (χ0n) is 16.0. The number of likely N-dealkylation sites (tertiary alicyclic amines) is 1. The van der Waals surface area contributed by atoms with E-state index >= 15 is 0 Å². The maximum absolute atomic E-state index is 9.57. The zero-order valence-corrected chi connectivity index (χ0v) is 16.0. The molecule has 2 aliphatic heterocycles. The standard InChI is InChI=1S/C19H31N7O/c27-15-17-4-1-2-10-24(17)11-3-12-25-13-9-21-19(25)18-14-26(23-22-18)16-5-7-20-8-6-16/h9,13-14,16-17,20,27H,1-8,10-12,15H2. The average Bonchev–Trinajstić information content (AvgIpc) is 3.38. The molecule has 0 aromatic carbocycles. The van der Waals surface area contributed by atoms with Crippen LogP contribution in [0.4, 0.5) is 0 Å². The average molecular weight is 374 g/mol. The van der Waals surface area contributed by atoms with E-state index in [2.05, 4.69) is 30.1 Å². The van der Waals surface area contributed by atoms with Crippen LogP contribution in [0.3, 0.4) is 0 Å². The second kappa shape index (κ2) is 8.95. The predicted octanol–water partition coefficient (Wildman–Crippen LogP) is 1.30. The summed E-state index contributed by atoms with van der Waals surface area (Å²) in [7, 11) is 0. The third-order valence-corrected chi connectivity index (χ3v) is 5.94. The maximum atomic E-state index is 9.57. The first-order valence-corrected chi connectivity index (χ1v) is 10.3. The molecule has 0 aliphatic carbocycles. The molecule has 0 radical (unpaired) electrons. The van der Waals surface area contributed by atoms with Crippen LogP contribution in [0.5, 0.6) is 0 Å². The molecule has 2 N–H and O–H groups in total. The van der Waals surface area contributed by atoms with Gasteiger partial charge in [0.1, 0.15) is 5.69 Å². The molecule has 2 aromatic heterocycles. The van der Waals surface area contributed by atoms with Crippen LogP contribution in [0.15, 0.2) is 18.6 Å². The number of aromatic nitrogens is 5. The molecule has 1 unspecified atom stereocenters. The highest BCUT2D eigenvalue weighted by molar-refractivity contribution is 5.47. The van der Waals surface area contributed by atoms with Crippen LogP contribution in [-0.2, 0) is 6.54 Å². The molecule has 0 bridgehead atoms. The summed E-state index contributed by atoms with van der Waals surface area (Å²) < 4.78 is 4.18. The highest BCUT2D eigenvalue weighted by atomic mass is 16.3. The number of nitrogens with zero attached hydrogens (tertiary/aromatic N) is 6. The van der Waals surface area contributed by atoms with Crippen LogP contribution in [0.1, 0.15) is 44.6 Å². The van der Waals surface area contributed by atoms with Crippen molar-refractivity contribution in [3.05, 3.63) is 18.6 Å². The Morgan fingerprint density at radius 2 is 2.04 bits per heavy atom. The number of nitrogens with one attached hydrogen (secondary N) is 1. The van der Waals surface area contributed by atoms with Gasteiger partial charge in [-0.25, -0.2) is 9.67 Å². The number of imidazole rings is 1. The SMILES string of the molecule is OCC1CCCCN1CCCn1ccnc1-c1cn(C2CCNCC2)nn1. The van der Waals surface area contributed by atoms with Crippen LogP contribution in [0.25, 0.3) is 11.5 Å². The lowest BCUT2D eigenvalue weighted by atomic mass is 10.0. The van der Waals surface area contributed by atoms with E-state index in [9.17, 15) is 5.11 Å². The third-order valence-electron chi connectivity index (χ3n) is 5.94. The van der Waals surface area contributed by atoms with E-state index < -0.39 is 0 Å². The molecule has 0 spiro atoms. The summed E-state index contributed by atoms with van der Waals surface area (Å²) in [6, 6.07) is 0.774. The Hall–Kier alpha value is -1.77. The van der Waals surface area contributed by atoms with Gasteiger partial charge in [0.2, 0.25) is 0 Å². The minimum absolute atomic E-state index is 0.274. The van der Waals surface area contributed by atoms with Gasteiger partial charge in [-0.05, 0) is 51.7 Å². The fourth-order valence-electron chi connectivity index (χ4n) is 4.36. The fourth-order valence-corrected chi connectivity index (χ4v) is 4.36. The minimum Gasteiger partial charge on any atom is -0.395 e. The van der Waals surface area contributed by atoms with Crippen LogP contribution >= 0.6 is 0 Å². The first-order chi connectivity index (χ1) is 13.3. The van der Waals surface area contributed by atoms with E-state index in [1.807, 2.05) is 23.3 Å². The lowest BCUT2D eigenvalue weighted by Crippen LogP contribution is -2.42. The third kappa shape index (κ3) is 4.39. The molecule has 2 aromatic rings. The molecule has 8 heteroatoms. The number of hydrogen-bond donors (Lipinski definition) is 2. The molecule has 2 fully saturated rings. The van der Waals surface area contributed by atoms with Gasteiger partial charge in [0.05, 0.1) is 18.8 Å². The summed E-state index contributed by atoms with van der Waals surface area (Å²) in [6.07, 6.45) is 12.7. The number of piperidine rings is 2. The number of rotatable bonds is 7. The van der Waals surface area contributed by atoms with E-state index in [4.69, 9.17) is 0 Å². The molecule has 27 heavy (non-hydrogen) atoms. The zero-order chi connectivity index (χ0) is 18.5. The molecule has 4 heterocycles. The van der Waals surface area contributed by atoms with Gasteiger partial charge in [-0.2, -0.15) is 0 Å². The van der Waals surface area contributed by atoms with Crippen molar-refractivity contribution in [2.75, 3.05) is 32.8 Å². The van der Waals surface area contributed by atoms with E-state index in [1.165, 1.54) is 12.8 Å². The Labute approximate surface area is 160 Å². The predicted molar refractivity (Wildman–Crippen MR) is 103 cm³/mol. The second-order valence-electron chi connectivity index (χ2n) is 7.73. The van der Waals surface area contributed by atoms with Crippen LogP contribution in [-0.4, -0.2) is 73.4 Å². The molecular formula is C19H31N7O. The Bertz CT molecular complexity index is 706. The number of aliphatic hydroxyl groups excluding tert-OH is 1. The molecule has 2 aliphatic rings.